The molecule has 128 valence electrons. The Morgan fingerprint density at radius 2 is 1.54 bits per heavy atom. The smallest absolute Gasteiger partial charge is 0.264 e. The molecule has 3 rings (SSSR count). The highest BCUT2D eigenvalue weighted by atomic mass is 32.2. The molecule has 2 aromatic rings. The third-order valence-electron chi connectivity index (χ3n) is 4.52. The van der Waals surface area contributed by atoms with E-state index < -0.39 is 10.1 Å². The van der Waals surface area contributed by atoms with Gasteiger partial charge in [-0.25, -0.2) is 0 Å². The fourth-order valence-corrected chi connectivity index (χ4v) is 4.14. The minimum atomic E-state index is -3.43. The molecule has 0 radical (unpaired) electrons. The van der Waals surface area contributed by atoms with Gasteiger partial charge < -0.3 is 0 Å². The lowest BCUT2D eigenvalue weighted by molar-refractivity contribution is -0.0616. The minimum Gasteiger partial charge on any atom is -0.284 e. The Morgan fingerprint density at radius 3 is 1.96 bits per heavy atom. The summed E-state index contributed by atoms with van der Waals surface area (Å²) in [6.07, 6.45) is 1.70. The molecule has 0 bridgehead atoms. The Balaban J connectivity index is 1.90. The van der Waals surface area contributed by atoms with Crippen molar-refractivity contribution in [3.63, 3.8) is 0 Å². The van der Waals surface area contributed by atoms with Gasteiger partial charge in [0.2, 0.25) is 0 Å². The maximum Gasteiger partial charge on any atom is 0.264 e. The van der Waals surface area contributed by atoms with Crippen LogP contribution >= 0.6 is 0 Å². The van der Waals surface area contributed by atoms with Gasteiger partial charge >= 0.3 is 0 Å². The Morgan fingerprint density at radius 1 is 1.04 bits per heavy atom. The van der Waals surface area contributed by atoms with E-state index in [0.29, 0.717) is 6.54 Å². The quantitative estimate of drug-likeness (QED) is 0.754. The van der Waals surface area contributed by atoms with Crippen LogP contribution in [0.1, 0.15) is 30.5 Å². The monoisotopic (exact) mass is 345 g/mol. The van der Waals surface area contributed by atoms with Crippen molar-refractivity contribution in [1.29, 1.82) is 0 Å². The molecule has 0 aromatic heterocycles. The molecule has 1 fully saturated rings. The number of hydrogen-bond donors (Lipinski definition) is 0. The zero-order chi connectivity index (χ0) is 17.2. The molecule has 1 heterocycles. The molecular weight excluding hydrogens is 322 g/mol. The van der Waals surface area contributed by atoms with Gasteiger partial charge in [-0.2, -0.15) is 8.42 Å². The van der Waals surface area contributed by atoms with E-state index in [1.54, 1.807) is 0 Å². The van der Waals surface area contributed by atoms with Gasteiger partial charge in [-0.05, 0) is 17.5 Å². The van der Waals surface area contributed by atoms with Gasteiger partial charge in [-0.1, -0.05) is 67.6 Å². The van der Waals surface area contributed by atoms with E-state index in [1.165, 1.54) is 11.1 Å². The van der Waals surface area contributed by atoms with Crippen molar-refractivity contribution in [2.24, 2.45) is 0 Å². The van der Waals surface area contributed by atoms with Crippen LogP contribution in [-0.4, -0.2) is 38.3 Å². The highest BCUT2D eigenvalue weighted by Crippen LogP contribution is 2.38. The van der Waals surface area contributed by atoms with Crippen molar-refractivity contribution in [1.82, 2.24) is 4.90 Å². The van der Waals surface area contributed by atoms with Crippen LogP contribution in [0.15, 0.2) is 60.7 Å². The van der Waals surface area contributed by atoms with Crippen LogP contribution < -0.4 is 0 Å². The van der Waals surface area contributed by atoms with Crippen LogP contribution in [0.25, 0.3) is 0 Å². The van der Waals surface area contributed by atoms with Crippen molar-refractivity contribution in [3.8, 4) is 0 Å². The normalized spacial score (nSPS) is 21.6. The molecule has 1 aliphatic rings. The SMILES string of the molecule is CC[C@@H]1[C@H](OS(C)(=O)=O)CN1C(c1ccccc1)c1ccccc1. The molecule has 2 aromatic carbocycles. The maximum absolute atomic E-state index is 11.5. The first-order valence-corrected chi connectivity index (χ1v) is 10.0. The topological polar surface area (TPSA) is 46.6 Å². The predicted molar refractivity (Wildman–Crippen MR) is 95.2 cm³/mol. The average Bonchev–Trinajstić information content (AvgIpc) is 2.55. The van der Waals surface area contributed by atoms with Gasteiger partial charge in [0, 0.05) is 12.6 Å². The van der Waals surface area contributed by atoms with Crippen molar-refractivity contribution in [2.75, 3.05) is 12.8 Å². The molecule has 0 spiro atoms. The second-order valence-corrected chi connectivity index (χ2v) is 7.84. The summed E-state index contributed by atoms with van der Waals surface area (Å²) in [6.45, 7) is 2.68. The van der Waals surface area contributed by atoms with E-state index in [9.17, 15) is 8.42 Å². The van der Waals surface area contributed by atoms with Crippen LogP contribution in [0.4, 0.5) is 0 Å². The lowest BCUT2D eigenvalue weighted by atomic mass is 9.88. The molecule has 5 heteroatoms. The summed E-state index contributed by atoms with van der Waals surface area (Å²) in [4.78, 5) is 2.33. The largest absolute Gasteiger partial charge is 0.284 e. The fourth-order valence-electron chi connectivity index (χ4n) is 3.50. The summed E-state index contributed by atoms with van der Waals surface area (Å²) in [6, 6.07) is 20.8. The summed E-state index contributed by atoms with van der Waals surface area (Å²) >= 11 is 0. The van der Waals surface area contributed by atoms with Crippen LogP contribution in [0, 0.1) is 0 Å². The van der Waals surface area contributed by atoms with Gasteiger partial charge in [0.1, 0.15) is 6.10 Å². The second kappa shape index (κ2) is 7.05. The van der Waals surface area contributed by atoms with E-state index in [1.807, 2.05) is 36.4 Å². The van der Waals surface area contributed by atoms with Gasteiger partial charge in [0.05, 0.1) is 12.3 Å². The second-order valence-electron chi connectivity index (χ2n) is 6.24. The summed E-state index contributed by atoms with van der Waals surface area (Å²) in [5.41, 5.74) is 2.42. The highest BCUT2D eigenvalue weighted by Gasteiger charge is 2.44. The van der Waals surface area contributed by atoms with E-state index in [-0.39, 0.29) is 18.2 Å². The van der Waals surface area contributed by atoms with Gasteiger partial charge in [0.15, 0.2) is 0 Å². The molecule has 1 saturated heterocycles. The number of benzene rings is 2. The van der Waals surface area contributed by atoms with Crippen LogP contribution in [0.3, 0.4) is 0 Å². The molecule has 0 saturated carbocycles. The van der Waals surface area contributed by atoms with Crippen molar-refractivity contribution < 1.29 is 12.6 Å². The number of nitrogens with zero attached hydrogens (tertiary/aromatic N) is 1. The molecule has 0 unspecified atom stereocenters. The molecule has 0 N–H and O–H groups in total. The Hall–Kier alpha value is -1.69. The van der Waals surface area contributed by atoms with E-state index in [4.69, 9.17) is 4.18 Å². The first-order chi connectivity index (χ1) is 11.5. The number of hydrogen-bond acceptors (Lipinski definition) is 4. The van der Waals surface area contributed by atoms with E-state index in [0.717, 1.165) is 12.7 Å². The van der Waals surface area contributed by atoms with Crippen LogP contribution in [0.2, 0.25) is 0 Å². The minimum absolute atomic E-state index is 0.0881. The predicted octanol–water partition coefficient (Wildman–Crippen LogP) is 3.22. The summed E-state index contributed by atoms with van der Waals surface area (Å²) in [5, 5.41) is 0. The first-order valence-electron chi connectivity index (χ1n) is 8.23. The molecule has 24 heavy (non-hydrogen) atoms. The highest BCUT2D eigenvalue weighted by molar-refractivity contribution is 7.86. The lowest BCUT2D eigenvalue weighted by Crippen LogP contribution is -2.62. The van der Waals surface area contributed by atoms with Crippen molar-refractivity contribution in [2.45, 2.75) is 31.5 Å². The Kier molecular flexibility index (Phi) is 5.04. The van der Waals surface area contributed by atoms with Gasteiger partial charge in [0.25, 0.3) is 10.1 Å². The van der Waals surface area contributed by atoms with Gasteiger partial charge in [-0.15, -0.1) is 0 Å². The Bertz CT molecular complexity index is 722. The van der Waals surface area contributed by atoms with E-state index >= 15 is 0 Å². The van der Waals surface area contributed by atoms with Crippen molar-refractivity contribution in [3.05, 3.63) is 71.8 Å². The molecule has 2 atom stereocenters. The first kappa shape index (κ1) is 17.1. The lowest BCUT2D eigenvalue weighted by Gasteiger charge is -2.51. The fraction of sp³-hybridized carbons (Fsp3) is 0.368. The number of likely N-dealkylation sites (tertiary alicyclic amines) is 1. The van der Waals surface area contributed by atoms with Crippen molar-refractivity contribution >= 4 is 10.1 Å². The van der Waals surface area contributed by atoms with Crippen LogP contribution in [-0.2, 0) is 14.3 Å². The third-order valence-corrected chi connectivity index (χ3v) is 5.12. The zero-order valence-electron chi connectivity index (χ0n) is 14.0. The van der Waals surface area contributed by atoms with Crippen LogP contribution in [0.5, 0.6) is 0 Å². The molecule has 4 nitrogen and oxygen atoms in total. The zero-order valence-corrected chi connectivity index (χ0v) is 14.8. The standard InChI is InChI=1S/C19H23NO3S/c1-3-17-18(23-24(2,21)22)14-20(17)19(15-10-6-4-7-11-15)16-12-8-5-9-13-16/h4-13,17-19H,3,14H2,1-2H3/t17-,18-/m1/s1. The summed E-state index contributed by atoms with van der Waals surface area (Å²) in [5.74, 6) is 0. The molecule has 1 aliphatic heterocycles. The summed E-state index contributed by atoms with van der Waals surface area (Å²) < 4.78 is 28.2. The molecular formula is C19H23NO3S. The molecule has 0 amide bonds. The van der Waals surface area contributed by atoms with Gasteiger partial charge in [-0.3, -0.25) is 9.08 Å². The molecule has 0 aliphatic carbocycles. The maximum atomic E-state index is 11.5. The summed E-state index contributed by atoms with van der Waals surface area (Å²) in [7, 11) is -3.43. The van der Waals surface area contributed by atoms with E-state index in [2.05, 4.69) is 36.1 Å². The number of rotatable bonds is 6. The Labute approximate surface area is 144 Å². The average molecular weight is 345 g/mol. The third kappa shape index (κ3) is 3.69.